The fourth-order valence-corrected chi connectivity index (χ4v) is 3.33. The van der Waals surface area contributed by atoms with Crippen molar-refractivity contribution in [1.29, 1.82) is 0 Å². The van der Waals surface area contributed by atoms with Crippen LogP contribution in [0.4, 0.5) is 5.95 Å². The van der Waals surface area contributed by atoms with Crippen LogP contribution in [-0.2, 0) is 0 Å². The Kier molecular flexibility index (Phi) is 3.22. The number of nitrogens with zero attached hydrogens (tertiary/aromatic N) is 2. The lowest BCUT2D eigenvalue weighted by Crippen LogP contribution is -2.26. The Morgan fingerprint density at radius 3 is 2.90 bits per heavy atom. The second kappa shape index (κ2) is 5.35. The van der Waals surface area contributed by atoms with Gasteiger partial charge in [0.1, 0.15) is 5.75 Å². The van der Waals surface area contributed by atoms with Crippen molar-refractivity contribution < 1.29 is 4.74 Å². The summed E-state index contributed by atoms with van der Waals surface area (Å²) >= 11 is 0. The predicted molar refractivity (Wildman–Crippen MR) is 81.4 cm³/mol. The van der Waals surface area contributed by atoms with Gasteiger partial charge >= 0.3 is 0 Å². The number of fused-ring (bicyclic) bond motifs is 1. The van der Waals surface area contributed by atoms with E-state index >= 15 is 0 Å². The van der Waals surface area contributed by atoms with Gasteiger partial charge in [-0.15, -0.1) is 0 Å². The minimum absolute atomic E-state index is 0.538. The Bertz CT molecular complexity index is 616. The highest BCUT2D eigenvalue weighted by atomic mass is 16.5. The minimum atomic E-state index is 0.538. The number of hydrogen-bond donors (Lipinski definition) is 1. The van der Waals surface area contributed by atoms with Gasteiger partial charge in [0.05, 0.1) is 0 Å². The number of benzene rings is 1. The van der Waals surface area contributed by atoms with Crippen molar-refractivity contribution in [3.05, 3.63) is 42.6 Å². The molecule has 0 saturated heterocycles. The molecule has 1 heterocycles. The van der Waals surface area contributed by atoms with E-state index in [1.807, 2.05) is 30.3 Å². The molecule has 4 nitrogen and oxygen atoms in total. The molecule has 3 atom stereocenters. The normalized spacial score (nSPS) is 26.8. The van der Waals surface area contributed by atoms with Gasteiger partial charge in [0.2, 0.25) is 11.8 Å². The molecular formula is C17H19N3O. The van der Waals surface area contributed by atoms with E-state index in [1.54, 1.807) is 12.3 Å². The summed E-state index contributed by atoms with van der Waals surface area (Å²) in [6, 6.07) is 12.0. The lowest BCUT2D eigenvalue weighted by Gasteiger charge is -2.22. The Hall–Kier alpha value is -2.10. The minimum Gasteiger partial charge on any atom is -0.439 e. The van der Waals surface area contributed by atoms with Gasteiger partial charge in [0, 0.05) is 18.3 Å². The van der Waals surface area contributed by atoms with Crippen molar-refractivity contribution in [2.75, 3.05) is 5.32 Å². The molecule has 2 aromatic rings. The van der Waals surface area contributed by atoms with Crippen LogP contribution in [0.15, 0.2) is 42.6 Å². The van der Waals surface area contributed by atoms with Gasteiger partial charge in [-0.3, -0.25) is 0 Å². The zero-order chi connectivity index (χ0) is 14.1. The fraction of sp³-hybridized carbons (Fsp3) is 0.412. The number of ether oxygens (including phenoxy) is 1. The summed E-state index contributed by atoms with van der Waals surface area (Å²) in [4.78, 5) is 8.80. The second-order valence-corrected chi connectivity index (χ2v) is 5.97. The summed E-state index contributed by atoms with van der Waals surface area (Å²) in [6.45, 7) is 0. The Morgan fingerprint density at radius 2 is 2.00 bits per heavy atom. The third-order valence-corrected chi connectivity index (χ3v) is 4.49. The van der Waals surface area contributed by atoms with E-state index < -0.39 is 0 Å². The van der Waals surface area contributed by atoms with Gasteiger partial charge in [-0.25, -0.2) is 4.98 Å². The molecule has 1 aromatic heterocycles. The molecule has 21 heavy (non-hydrogen) atoms. The van der Waals surface area contributed by atoms with Crippen LogP contribution in [0, 0.1) is 11.8 Å². The highest BCUT2D eigenvalue weighted by Gasteiger charge is 2.45. The highest BCUT2D eigenvalue weighted by Crippen LogP contribution is 2.50. The van der Waals surface area contributed by atoms with Crippen LogP contribution in [0.2, 0.25) is 0 Å². The van der Waals surface area contributed by atoms with Crippen molar-refractivity contribution in [3.63, 3.8) is 0 Å². The first-order chi connectivity index (χ1) is 10.4. The summed E-state index contributed by atoms with van der Waals surface area (Å²) in [5, 5.41) is 3.50. The summed E-state index contributed by atoms with van der Waals surface area (Å²) in [5.74, 6) is 3.84. The van der Waals surface area contributed by atoms with E-state index in [-0.39, 0.29) is 0 Å². The maximum absolute atomic E-state index is 5.75. The quantitative estimate of drug-likeness (QED) is 0.924. The van der Waals surface area contributed by atoms with Gasteiger partial charge in [-0.2, -0.15) is 4.98 Å². The highest BCUT2D eigenvalue weighted by molar-refractivity contribution is 5.33. The molecule has 1 aromatic carbocycles. The van der Waals surface area contributed by atoms with Crippen LogP contribution in [-0.4, -0.2) is 16.0 Å². The number of para-hydroxylation sites is 1. The number of rotatable bonds is 4. The molecule has 4 heteroatoms. The standard InChI is InChI=1S/C17H19N3O/c1-2-6-13(7-3-1)21-16-9-10-18-17(20-16)19-15-8-4-5-12-11-14(12)15/h1-3,6-7,9-10,12,14-15H,4-5,8,11H2,(H,18,19,20). The molecule has 0 spiro atoms. The van der Waals surface area contributed by atoms with E-state index in [2.05, 4.69) is 15.3 Å². The first-order valence-corrected chi connectivity index (χ1v) is 7.71. The topological polar surface area (TPSA) is 47.0 Å². The van der Waals surface area contributed by atoms with Crippen LogP contribution >= 0.6 is 0 Å². The SMILES string of the molecule is c1ccc(Oc2ccnc(NC3CCCC4CC43)n2)cc1. The van der Waals surface area contributed by atoms with Crippen molar-refractivity contribution in [3.8, 4) is 11.6 Å². The van der Waals surface area contributed by atoms with Crippen LogP contribution in [0.1, 0.15) is 25.7 Å². The predicted octanol–water partition coefficient (Wildman–Crippen LogP) is 3.87. The molecule has 0 bridgehead atoms. The van der Waals surface area contributed by atoms with Crippen molar-refractivity contribution in [2.24, 2.45) is 11.8 Å². The third-order valence-electron chi connectivity index (χ3n) is 4.49. The number of anilines is 1. The number of nitrogens with one attached hydrogen (secondary N) is 1. The van der Waals surface area contributed by atoms with Gasteiger partial charge in [0.15, 0.2) is 0 Å². The average molecular weight is 281 g/mol. The Morgan fingerprint density at radius 1 is 1.10 bits per heavy atom. The van der Waals surface area contributed by atoms with Crippen molar-refractivity contribution >= 4 is 5.95 Å². The first-order valence-electron chi connectivity index (χ1n) is 7.71. The van der Waals surface area contributed by atoms with Crippen molar-refractivity contribution in [2.45, 2.75) is 31.7 Å². The summed E-state index contributed by atoms with van der Waals surface area (Å²) in [6.07, 6.45) is 7.08. The molecule has 0 radical (unpaired) electrons. The largest absolute Gasteiger partial charge is 0.439 e. The van der Waals surface area contributed by atoms with Crippen molar-refractivity contribution in [1.82, 2.24) is 9.97 Å². The molecule has 2 fully saturated rings. The monoisotopic (exact) mass is 281 g/mol. The van der Waals surface area contributed by atoms with Crippen LogP contribution in [0.5, 0.6) is 11.6 Å². The zero-order valence-corrected chi connectivity index (χ0v) is 11.9. The molecule has 2 aliphatic rings. The molecule has 2 aliphatic carbocycles. The summed E-state index contributed by atoms with van der Waals surface area (Å²) in [5.41, 5.74) is 0. The molecule has 1 N–H and O–H groups in total. The maximum atomic E-state index is 5.75. The Balaban J connectivity index is 1.45. The molecule has 108 valence electrons. The summed E-state index contributed by atoms with van der Waals surface area (Å²) in [7, 11) is 0. The molecule has 2 saturated carbocycles. The van der Waals surface area contributed by atoms with Gasteiger partial charge in [0.25, 0.3) is 0 Å². The molecule has 0 amide bonds. The molecule has 3 unspecified atom stereocenters. The molecular weight excluding hydrogens is 262 g/mol. The number of aromatic nitrogens is 2. The Labute approximate surface area is 124 Å². The van der Waals surface area contributed by atoms with Crippen LogP contribution in [0.25, 0.3) is 0 Å². The van der Waals surface area contributed by atoms with Crippen LogP contribution in [0.3, 0.4) is 0 Å². The average Bonchev–Trinajstić information content (AvgIpc) is 3.29. The second-order valence-electron chi connectivity index (χ2n) is 5.97. The van der Waals surface area contributed by atoms with Gasteiger partial charge in [-0.05, 0) is 36.8 Å². The first kappa shape index (κ1) is 12.6. The van der Waals surface area contributed by atoms with Gasteiger partial charge in [-0.1, -0.05) is 31.0 Å². The maximum Gasteiger partial charge on any atom is 0.226 e. The van der Waals surface area contributed by atoms with E-state index in [0.29, 0.717) is 17.9 Å². The lowest BCUT2D eigenvalue weighted by molar-refractivity contribution is 0.435. The fourth-order valence-electron chi connectivity index (χ4n) is 3.33. The lowest BCUT2D eigenvalue weighted by atomic mass is 9.96. The molecule has 4 rings (SSSR count). The van der Waals surface area contributed by atoms with E-state index in [0.717, 1.165) is 17.6 Å². The summed E-state index contributed by atoms with van der Waals surface area (Å²) < 4.78 is 5.75. The third kappa shape index (κ3) is 2.84. The van der Waals surface area contributed by atoms with Gasteiger partial charge < -0.3 is 10.1 Å². The van der Waals surface area contributed by atoms with E-state index in [9.17, 15) is 0 Å². The van der Waals surface area contributed by atoms with E-state index in [4.69, 9.17) is 4.74 Å². The molecule has 0 aliphatic heterocycles. The zero-order valence-electron chi connectivity index (χ0n) is 11.9. The van der Waals surface area contributed by atoms with E-state index in [1.165, 1.54) is 25.7 Å². The number of hydrogen-bond acceptors (Lipinski definition) is 4. The smallest absolute Gasteiger partial charge is 0.226 e. The van der Waals surface area contributed by atoms with Crippen LogP contribution < -0.4 is 10.1 Å².